The van der Waals surface area contributed by atoms with Gasteiger partial charge in [0.15, 0.2) is 0 Å². The molecule has 2 atom stereocenters. The summed E-state index contributed by atoms with van der Waals surface area (Å²) >= 11 is 8.03. The summed E-state index contributed by atoms with van der Waals surface area (Å²) in [6, 6.07) is 14.4. The van der Waals surface area contributed by atoms with Gasteiger partial charge in [0, 0.05) is 21.6 Å². The molecule has 0 saturated carbocycles. The molecule has 0 saturated heterocycles. The quantitative estimate of drug-likeness (QED) is 0.914. The summed E-state index contributed by atoms with van der Waals surface area (Å²) in [5, 5.41) is 11.5. The molecule has 1 nitrogen and oxygen atoms in total. The van der Waals surface area contributed by atoms with Gasteiger partial charge in [0.25, 0.3) is 0 Å². The Bertz CT molecular complexity index is 601. The van der Waals surface area contributed by atoms with Crippen LogP contribution in [0.2, 0.25) is 5.02 Å². The Morgan fingerprint density at radius 3 is 2.85 bits per heavy atom. The molecule has 0 bridgehead atoms. The Morgan fingerprint density at radius 1 is 1.30 bits per heavy atom. The summed E-state index contributed by atoms with van der Waals surface area (Å²) in [7, 11) is 0. The van der Waals surface area contributed by atoms with Crippen molar-refractivity contribution < 1.29 is 5.11 Å². The summed E-state index contributed by atoms with van der Waals surface area (Å²) in [6.07, 6.45) is 1.18. The van der Waals surface area contributed by atoms with Gasteiger partial charge in [-0.25, -0.2) is 0 Å². The second-order valence-electron chi connectivity index (χ2n) is 5.33. The standard InChI is InChI=1S/C17H17ClOS/c1-11-6-7-12(14(18)8-11)9-15(19)17-10-13-4-2-3-5-16(13)20-17/h2-8,15,17,19H,9-10H2,1H3. The molecular formula is C17H17ClOS. The van der Waals surface area contributed by atoms with Gasteiger partial charge in [0.2, 0.25) is 0 Å². The van der Waals surface area contributed by atoms with Crippen molar-refractivity contribution in [3.05, 3.63) is 64.2 Å². The molecule has 1 aliphatic rings. The number of fused-ring (bicyclic) bond motifs is 1. The molecule has 3 heteroatoms. The lowest BCUT2D eigenvalue weighted by Crippen LogP contribution is -2.25. The first-order chi connectivity index (χ1) is 9.63. The number of aryl methyl sites for hydroxylation is 1. The molecular weight excluding hydrogens is 288 g/mol. The van der Waals surface area contributed by atoms with E-state index < -0.39 is 0 Å². The number of thioether (sulfide) groups is 1. The largest absolute Gasteiger partial charge is 0.392 e. The summed E-state index contributed by atoms with van der Waals surface area (Å²) in [4.78, 5) is 1.30. The second kappa shape index (κ2) is 5.80. The number of aliphatic hydroxyl groups is 1. The minimum atomic E-state index is -0.368. The molecule has 0 aliphatic carbocycles. The highest BCUT2D eigenvalue weighted by Gasteiger charge is 2.28. The van der Waals surface area contributed by atoms with E-state index in [2.05, 4.69) is 24.3 Å². The Morgan fingerprint density at radius 2 is 2.10 bits per heavy atom. The number of hydrogen-bond donors (Lipinski definition) is 1. The number of hydrogen-bond acceptors (Lipinski definition) is 2. The maximum Gasteiger partial charge on any atom is 0.0706 e. The molecule has 1 aliphatic heterocycles. The minimum absolute atomic E-state index is 0.227. The van der Waals surface area contributed by atoms with Crippen LogP contribution in [-0.4, -0.2) is 16.5 Å². The molecule has 0 radical (unpaired) electrons. The van der Waals surface area contributed by atoms with Gasteiger partial charge in [0.05, 0.1) is 6.10 Å². The van der Waals surface area contributed by atoms with E-state index in [1.807, 2.05) is 25.1 Å². The molecule has 1 heterocycles. The molecule has 20 heavy (non-hydrogen) atoms. The molecule has 0 aromatic heterocycles. The van der Waals surface area contributed by atoms with Crippen LogP contribution in [0.3, 0.4) is 0 Å². The molecule has 2 aromatic carbocycles. The van der Waals surface area contributed by atoms with Gasteiger partial charge < -0.3 is 5.11 Å². The number of halogens is 1. The fourth-order valence-electron chi connectivity index (χ4n) is 2.60. The van der Waals surface area contributed by atoms with Crippen molar-refractivity contribution >= 4 is 23.4 Å². The van der Waals surface area contributed by atoms with E-state index in [0.717, 1.165) is 22.6 Å². The van der Waals surface area contributed by atoms with Crippen LogP contribution in [0.1, 0.15) is 16.7 Å². The lowest BCUT2D eigenvalue weighted by molar-refractivity contribution is 0.172. The molecule has 1 N–H and O–H groups in total. The van der Waals surface area contributed by atoms with Gasteiger partial charge in [-0.1, -0.05) is 41.9 Å². The molecule has 104 valence electrons. The topological polar surface area (TPSA) is 20.2 Å². The predicted molar refractivity (Wildman–Crippen MR) is 85.7 cm³/mol. The summed E-state index contributed by atoms with van der Waals surface area (Å²) in [6.45, 7) is 2.02. The Kier molecular flexibility index (Phi) is 4.06. The highest BCUT2D eigenvalue weighted by atomic mass is 35.5. The Labute approximate surface area is 129 Å². The van der Waals surface area contributed by atoms with Crippen LogP contribution in [0.15, 0.2) is 47.4 Å². The molecule has 2 unspecified atom stereocenters. The van der Waals surface area contributed by atoms with Crippen LogP contribution < -0.4 is 0 Å². The zero-order valence-electron chi connectivity index (χ0n) is 11.3. The summed E-state index contributed by atoms with van der Waals surface area (Å²) < 4.78 is 0. The molecule has 2 aromatic rings. The molecule has 0 amide bonds. The number of rotatable bonds is 3. The zero-order chi connectivity index (χ0) is 14.1. The average Bonchev–Trinajstić information content (AvgIpc) is 2.86. The maximum atomic E-state index is 10.5. The van der Waals surface area contributed by atoms with Crippen LogP contribution in [0.4, 0.5) is 0 Å². The van der Waals surface area contributed by atoms with Crippen molar-refractivity contribution in [1.82, 2.24) is 0 Å². The predicted octanol–water partition coefficient (Wildman–Crippen LogP) is 4.27. The van der Waals surface area contributed by atoms with Crippen LogP contribution in [0, 0.1) is 6.92 Å². The van der Waals surface area contributed by atoms with Crippen LogP contribution in [0.5, 0.6) is 0 Å². The van der Waals surface area contributed by atoms with Crippen molar-refractivity contribution in [1.29, 1.82) is 0 Å². The highest BCUT2D eigenvalue weighted by molar-refractivity contribution is 8.00. The molecule has 0 spiro atoms. The van der Waals surface area contributed by atoms with E-state index in [0.29, 0.717) is 6.42 Å². The molecule has 0 fully saturated rings. The number of aliphatic hydroxyl groups excluding tert-OH is 1. The van der Waals surface area contributed by atoms with E-state index in [-0.39, 0.29) is 11.4 Å². The van der Waals surface area contributed by atoms with Gasteiger partial charge in [-0.2, -0.15) is 0 Å². The summed E-state index contributed by atoms with van der Waals surface area (Å²) in [5.74, 6) is 0. The fraction of sp³-hybridized carbons (Fsp3) is 0.294. The minimum Gasteiger partial charge on any atom is -0.392 e. The van der Waals surface area contributed by atoms with E-state index in [1.165, 1.54) is 10.5 Å². The smallest absolute Gasteiger partial charge is 0.0706 e. The van der Waals surface area contributed by atoms with Gasteiger partial charge in [-0.05, 0) is 42.2 Å². The Balaban J connectivity index is 1.70. The first-order valence-corrected chi connectivity index (χ1v) is 8.07. The van der Waals surface area contributed by atoms with Gasteiger partial charge >= 0.3 is 0 Å². The van der Waals surface area contributed by atoms with E-state index >= 15 is 0 Å². The van der Waals surface area contributed by atoms with Crippen molar-refractivity contribution in [3.63, 3.8) is 0 Å². The molecule has 3 rings (SSSR count). The highest BCUT2D eigenvalue weighted by Crippen LogP contribution is 2.39. The monoisotopic (exact) mass is 304 g/mol. The normalized spacial score (nSPS) is 18.9. The van der Waals surface area contributed by atoms with Crippen molar-refractivity contribution in [2.24, 2.45) is 0 Å². The third-order valence-electron chi connectivity index (χ3n) is 3.74. The second-order valence-corrected chi connectivity index (χ2v) is 7.02. The first-order valence-electron chi connectivity index (χ1n) is 6.81. The fourth-order valence-corrected chi connectivity index (χ4v) is 4.21. The van der Waals surface area contributed by atoms with E-state index in [1.54, 1.807) is 11.8 Å². The first kappa shape index (κ1) is 14.0. The lowest BCUT2D eigenvalue weighted by atomic mass is 10.0. The van der Waals surface area contributed by atoms with Crippen LogP contribution in [-0.2, 0) is 12.8 Å². The zero-order valence-corrected chi connectivity index (χ0v) is 12.9. The lowest BCUT2D eigenvalue weighted by Gasteiger charge is -2.18. The van der Waals surface area contributed by atoms with Crippen molar-refractivity contribution in [2.45, 2.75) is 36.0 Å². The van der Waals surface area contributed by atoms with E-state index in [9.17, 15) is 5.11 Å². The van der Waals surface area contributed by atoms with Crippen molar-refractivity contribution in [2.75, 3.05) is 0 Å². The van der Waals surface area contributed by atoms with Crippen molar-refractivity contribution in [3.8, 4) is 0 Å². The van der Waals surface area contributed by atoms with E-state index in [4.69, 9.17) is 11.6 Å². The van der Waals surface area contributed by atoms with Gasteiger partial charge in [-0.15, -0.1) is 11.8 Å². The van der Waals surface area contributed by atoms with Crippen LogP contribution >= 0.6 is 23.4 Å². The van der Waals surface area contributed by atoms with Gasteiger partial charge in [-0.3, -0.25) is 0 Å². The summed E-state index contributed by atoms with van der Waals surface area (Å²) in [5.41, 5.74) is 3.52. The SMILES string of the molecule is Cc1ccc(CC(O)C2Cc3ccccc3S2)c(Cl)c1. The maximum absolute atomic E-state index is 10.5. The van der Waals surface area contributed by atoms with Gasteiger partial charge in [0.1, 0.15) is 0 Å². The number of benzene rings is 2. The third kappa shape index (κ3) is 2.88. The van der Waals surface area contributed by atoms with Crippen LogP contribution in [0.25, 0.3) is 0 Å². The average molecular weight is 305 g/mol. The third-order valence-corrected chi connectivity index (χ3v) is 5.53. The Hall–Kier alpha value is -0.960.